The molecular weight excluding hydrogens is 350 g/mol. The summed E-state index contributed by atoms with van der Waals surface area (Å²) in [5.41, 5.74) is 1.63. The number of amides is 5. The lowest BCUT2D eigenvalue weighted by Crippen LogP contribution is -2.39. The molecule has 2 aromatic rings. The summed E-state index contributed by atoms with van der Waals surface area (Å²) in [4.78, 5) is 50.6. The molecule has 27 heavy (non-hydrogen) atoms. The van der Waals surface area contributed by atoms with Crippen LogP contribution in [0.5, 0.6) is 5.75 Å². The van der Waals surface area contributed by atoms with E-state index >= 15 is 0 Å². The summed E-state index contributed by atoms with van der Waals surface area (Å²) in [6, 6.07) is 12.3. The fourth-order valence-corrected chi connectivity index (χ4v) is 2.65. The van der Waals surface area contributed by atoms with E-state index in [4.69, 9.17) is 4.74 Å². The molecule has 0 spiro atoms. The van der Waals surface area contributed by atoms with E-state index < -0.39 is 30.3 Å². The van der Waals surface area contributed by atoms with Gasteiger partial charge in [-0.2, -0.15) is 0 Å². The van der Waals surface area contributed by atoms with Crippen LogP contribution in [-0.4, -0.2) is 42.3 Å². The van der Waals surface area contributed by atoms with E-state index in [1.54, 1.807) is 24.3 Å². The molecule has 0 radical (unpaired) electrons. The Morgan fingerprint density at radius 2 is 1.67 bits per heavy atom. The molecule has 0 saturated carbocycles. The first-order chi connectivity index (χ1) is 12.9. The summed E-state index contributed by atoms with van der Waals surface area (Å²) in [6.45, 7) is 1.26. The minimum Gasteiger partial charge on any atom is -0.497 e. The number of carbonyl (C=O) groups excluding carboxylic acids is 4. The van der Waals surface area contributed by atoms with E-state index in [-0.39, 0.29) is 5.69 Å². The van der Waals surface area contributed by atoms with Crippen molar-refractivity contribution in [2.24, 2.45) is 0 Å². The molecule has 0 aliphatic carbocycles. The molecule has 1 fully saturated rings. The zero-order chi connectivity index (χ0) is 19.6. The van der Waals surface area contributed by atoms with Crippen LogP contribution in [0.3, 0.4) is 0 Å². The van der Waals surface area contributed by atoms with Gasteiger partial charge in [0.25, 0.3) is 0 Å². The van der Waals surface area contributed by atoms with Gasteiger partial charge < -0.3 is 10.1 Å². The first-order valence-electron chi connectivity index (χ1n) is 8.12. The Bertz CT molecular complexity index is 923. The van der Waals surface area contributed by atoms with Crippen molar-refractivity contribution in [2.45, 2.75) is 6.92 Å². The van der Waals surface area contributed by atoms with Gasteiger partial charge in [0.15, 0.2) is 0 Å². The molecule has 0 atom stereocenters. The van der Waals surface area contributed by atoms with Crippen molar-refractivity contribution in [2.75, 3.05) is 23.9 Å². The Kier molecular flexibility index (Phi) is 4.89. The maximum absolute atomic E-state index is 12.5. The molecule has 2 aromatic carbocycles. The highest BCUT2D eigenvalue weighted by Crippen LogP contribution is 2.24. The molecule has 1 aliphatic heterocycles. The molecule has 8 heteroatoms. The van der Waals surface area contributed by atoms with E-state index in [1.807, 2.05) is 19.1 Å². The summed E-state index contributed by atoms with van der Waals surface area (Å²) in [5.74, 6) is -2.08. The number of anilines is 2. The van der Waals surface area contributed by atoms with E-state index in [0.29, 0.717) is 16.3 Å². The number of urea groups is 1. The smallest absolute Gasteiger partial charge is 0.339 e. The summed E-state index contributed by atoms with van der Waals surface area (Å²) in [7, 11) is 1.49. The van der Waals surface area contributed by atoms with Crippen molar-refractivity contribution in [3.8, 4) is 5.75 Å². The van der Waals surface area contributed by atoms with E-state index in [2.05, 4.69) is 5.32 Å². The maximum Gasteiger partial charge on any atom is 0.339 e. The predicted octanol–water partition coefficient (Wildman–Crippen LogP) is 1.94. The van der Waals surface area contributed by atoms with Crippen LogP contribution in [0.15, 0.2) is 48.5 Å². The van der Waals surface area contributed by atoms with Crippen LogP contribution >= 0.6 is 0 Å². The van der Waals surface area contributed by atoms with Crippen LogP contribution < -0.4 is 15.0 Å². The topological polar surface area (TPSA) is 96.0 Å². The van der Waals surface area contributed by atoms with Gasteiger partial charge in [-0.15, -0.1) is 0 Å². The quantitative estimate of drug-likeness (QED) is 0.644. The number of rotatable bonds is 5. The summed E-state index contributed by atoms with van der Waals surface area (Å²) >= 11 is 0. The number of hydrogen-bond donors (Lipinski definition) is 1. The van der Waals surface area contributed by atoms with Crippen LogP contribution in [0, 0.1) is 6.92 Å². The number of hydrogen-bond acceptors (Lipinski definition) is 5. The SMILES string of the molecule is COc1ccc(N2C(=O)C(=O)N(CC(=O)Nc3ccccc3C)C2=O)cc1. The van der Waals surface area contributed by atoms with Crippen molar-refractivity contribution in [3.63, 3.8) is 0 Å². The highest BCUT2D eigenvalue weighted by atomic mass is 16.5. The van der Waals surface area contributed by atoms with E-state index in [9.17, 15) is 19.2 Å². The highest BCUT2D eigenvalue weighted by Gasteiger charge is 2.46. The van der Waals surface area contributed by atoms with Gasteiger partial charge in [0, 0.05) is 5.69 Å². The monoisotopic (exact) mass is 367 g/mol. The number of imide groups is 2. The van der Waals surface area contributed by atoms with Gasteiger partial charge in [0.05, 0.1) is 12.8 Å². The minimum absolute atomic E-state index is 0.223. The Morgan fingerprint density at radius 1 is 1.00 bits per heavy atom. The van der Waals surface area contributed by atoms with Crippen LogP contribution in [0.1, 0.15) is 5.56 Å². The zero-order valence-electron chi connectivity index (χ0n) is 14.8. The second-order valence-corrected chi connectivity index (χ2v) is 5.88. The average Bonchev–Trinajstić information content (AvgIpc) is 2.87. The van der Waals surface area contributed by atoms with Gasteiger partial charge in [-0.05, 0) is 42.8 Å². The molecule has 1 saturated heterocycles. The highest BCUT2D eigenvalue weighted by molar-refractivity contribution is 6.53. The Balaban J connectivity index is 1.75. The van der Waals surface area contributed by atoms with Gasteiger partial charge >= 0.3 is 17.8 Å². The van der Waals surface area contributed by atoms with Gasteiger partial charge in [-0.25, -0.2) is 14.6 Å². The third-order valence-electron chi connectivity index (χ3n) is 4.10. The maximum atomic E-state index is 12.5. The third-order valence-corrected chi connectivity index (χ3v) is 4.10. The number of aryl methyl sites for hydroxylation is 1. The Morgan fingerprint density at radius 3 is 2.30 bits per heavy atom. The number of nitrogens with one attached hydrogen (secondary N) is 1. The standard InChI is InChI=1S/C19H17N3O5/c1-12-5-3-4-6-15(12)20-16(23)11-21-17(24)18(25)22(19(21)26)13-7-9-14(27-2)10-8-13/h3-10H,11H2,1-2H3,(H,20,23). The summed E-state index contributed by atoms with van der Waals surface area (Å²) in [5, 5.41) is 2.63. The summed E-state index contributed by atoms with van der Waals surface area (Å²) < 4.78 is 5.03. The first-order valence-corrected chi connectivity index (χ1v) is 8.12. The van der Waals surface area contributed by atoms with Crippen molar-refractivity contribution in [1.29, 1.82) is 0 Å². The molecule has 0 unspecified atom stereocenters. The number of methoxy groups -OCH3 is 1. The molecule has 8 nitrogen and oxygen atoms in total. The fraction of sp³-hybridized carbons (Fsp3) is 0.158. The largest absolute Gasteiger partial charge is 0.497 e. The molecule has 3 rings (SSSR count). The molecule has 0 bridgehead atoms. The lowest BCUT2D eigenvalue weighted by Gasteiger charge is -2.16. The Hall–Kier alpha value is -3.68. The first kappa shape index (κ1) is 18.1. The van der Waals surface area contributed by atoms with Crippen molar-refractivity contribution in [1.82, 2.24) is 4.90 Å². The fourth-order valence-electron chi connectivity index (χ4n) is 2.65. The number of benzene rings is 2. The van der Waals surface area contributed by atoms with Gasteiger partial charge in [-0.3, -0.25) is 14.4 Å². The molecule has 1 heterocycles. The normalized spacial score (nSPS) is 13.9. The lowest BCUT2D eigenvalue weighted by molar-refractivity contribution is -0.140. The number of para-hydroxylation sites is 1. The molecule has 0 aromatic heterocycles. The van der Waals surface area contributed by atoms with Crippen LogP contribution in [0.25, 0.3) is 0 Å². The number of nitrogens with zero attached hydrogens (tertiary/aromatic N) is 2. The second kappa shape index (κ2) is 7.28. The van der Waals surface area contributed by atoms with E-state index in [0.717, 1.165) is 10.5 Å². The van der Waals surface area contributed by atoms with Crippen LogP contribution in [-0.2, 0) is 14.4 Å². The molecule has 5 amide bonds. The van der Waals surface area contributed by atoms with Gasteiger partial charge in [0.2, 0.25) is 5.91 Å². The number of ether oxygens (including phenoxy) is 1. The van der Waals surface area contributed by atoms with Crippen molar-refractivity contribution < 1.29 is 23.9 Å². The third kappa shape index (κ3) is 3.50. The molecule has 1 aliphatic rings. The van der Waals surface area contributed by atoms with Gasteiger partial charge in [0.1, 0.15) is 12.3 Å². The van der Waals surface area contributed by atoms with Crippen molar-refractivity contribution in [3.05, 3.63) is 54.1 Å². The molecular formula is C19H17N3O5. The number of carbonyl (C=O) groups is 4. The second-order valence-electron chi connectivity index (χ2n) is 5.88. The van der Waals surface area contributed by atoms with Crippen LogP contribution in [0.2, 0.25) is 0 Å². The van der Waals surface area contributed by atoms with Crippen molar-refractivity contribution >= 4 is 35.1 Å². The Labute approximate surface area is 155 Å². The predicted molar refractivity (Wildman–Crippen MR) is 97.4 cm³/mol. The minimum atomic E-state index is -1.05. The lowest BCUT2D eigenvalue weighted by atomic mass is 10.2. The summed E-state index contributed by atoms with van der Waals surface area (Å²) in [6.07, 6.45) is 0. The van der Waals surface area contributed by atoms with Gasteiger partial charge in [-0.1, -0.05) is 18.2 Å². The average molecular weight is 367 g/mol. The van der Waals surface area contributed by atoms with Crippen LogP contribution in [0.4, 0.5) is 16.2 Å². The van der Waals surface area contributed by atoms with E-state index in [1.165, 1.54) is 19.2 Å². The zero-order valence-corrected chi connectivity index (χ0v) is 14.8. The molecule has 138 valence electrons. The molecule has 1 N–H and O–H groups in total.